The molecule has 3 aromatic rings. The van der Waals surface area contributed by atoms with Crippen LogP contribution < -0.4 is 0 Å². The van der Waals surface area contributed by atoms with Crippen molar-refractivity contribution in [1.82, 2.24) is 24.1 Å². The van der Waals surface area contributed by atoms with Gasteiger partial charge in [-0.15, -0.1) is 0 Å². The second kappa shape index (κ2) is 7.41. The van der Waals surface area contributed by atoms with Gasteiger partial charge in [-0.2, -0.15) is 0 Å². The zero-order chi connectivity index (χ0) is 21.7. The first-order valence-corrected chi connectivity index (χ1v) is 10.7. The minimum atomic E-state index is -0.0185. The van der Waals surface area contributed by atoms with E-state index >= 15 is 0 Å². The topological polar surface area (TPSA) is 61.2 Å². The molecule has 3 amide bonds. The van der Waals surface area contributed by atoms with Gasteiger partial charge in [0.2, 0.25) is 0 Å². The summed E-state index contributed by atoms with van der Waals surface area (Å²) < 4.78 is 1.87. The molecule has 2 aromatic heterocycles. The fourth-order valence-electron chi connectivity index (χ4n) is 5.21. The number of nitrogens with zero attached hydrogens (tertiary/aromatic N) is 5. The second-order valence-electron chi connectivity index (χ2n) is 8.88. The molecule has 2 fully saturated rings. The van der Waals surface area contributed by atoms with Gasteiger partial charge in [-0.05, 0) is 30.2 Å². The molecule has 31 heavy (non-hydrogen) atoms. The number of fused-ring (bicyclic) bond motifs is 2. The molecular formula is C24H27N5O2. The Kier molecular flexibility index (Phi) is 4.68. The van der Waals surface area contributed by atoms with E-state index in [1.165, 1.54) is 11.1 Å². The molecule has 0 radical (unpaired) electrons. The molecule has 0 unspecified atom stereocenters. The summed E-state index contributed by atoms with van der Waals surface area (Å²) in [5.41, 5.74) is 3.85. The van der Waals surface area contributed by atoms with Crippen LogP contribution in [0.5, 0.6) is 0 Å². The SMILES string of the molecule is Cc1ccccc1[C@H]1[C@@H]2CN(C(=O)c3ccc4nccn4c3)C[C@@H]2CN1C(=O)N(C)C. The summed E-state index contributed by atoms with van der Waals surface area (Å²) >= 11 is 0. The number of imidazole rings is 1. The van der Waals surface area contributed by atoms with Crippen molar-refractivity contribution in [3.63, 3.8) is 0 Å². The first-order chi connectivity index (χ1) is 14.9. The number of likely N-dealkylation sites (tertiary alicyclic amines) is 2. The molecule has 0 N–H and O–H groups in total. The first kappa shape index (κ1) is 19.6. The maximum atomic E-state index is 13.3. The van der Waals surface area contributed by atoms with Gasteiger partial charge in [0.25, 0.3) is 5.91 Å². The summed E-state index contributed by atoms with van der Waals surface area (Å²) in [5.74, 6) is 0.541. The van der Waals surface area contributed by atoms with Gasteiger partial charge < -0.3 is 19.1 Å². The number of aryl methyl sites for hydroxylation is 1. The van der Waals surface area contributed by atoms with Crippen LogP contribution in [-0.4, -0.2) is 69.8 Å². The average molecular weight is 418 g/mol. The molecule has 160 valence electrons. The average Bonchev–Trinajstić information content (AvgIpc) is 3.46. The number of carbonyl (C=O) groups excluding carboxylic acids is 2. The lowest BCUT2D eigenvalue weighted by Gasteiger charge is -2.32. The Morgan fingerprint density at radius 3 is 2.65 bits per heavy atom. The fourth-order valence-corrected chi connectivity index (χ4v) is 5.21. The molecule has 2 saturated heterocycles. The fraction of sp³-hybridized carbons (Fsp3) is 0.375. The van der Waals surface area contributed by atoms with E-state index in [0.29, 0.717) is 25.2 Å². The molecule has 4 heterocycles. The summed E-state index contributed by atoms with van der Waals surface area (Å²) in [5, 5.41) is 0. The maximum Gasteiger partial charge on any atom is 0.320 e. The van der Waals surface area contributed by atoms with Gasteiger partial charge in [-0.25, -0.2) is 9.78 Å². The van der Waals surface area contributed by atoms with E-state index in [1.54, 1.807) is 25.2 Å². The van der Waals surface area contributed by atoms with Crippen molar-refractivity contribution in [3.05, 3.63) is 71.7 Å². The molecule has 0 bridgehead atoms. The second-order valence-corrected chi connectivity index (χ2v) is 8.88. The van der Waals surface area contributed by atoms with E-state index in [2.05, 4.69) is 24.0 Å². The number of benzene rings is 1. The smallest absolute Gasteiger partial charge is 0.320 e. The number of rotatable bonds is 2. The summed E-state index contributed by atoms with van der Waals surface area (Å²) in [7, 11) is 3.60. The monoisotopic (exact) mass is 417 g/mol. The molecule has 7 nitrogen and oxygen atoms in total. The molecule has 7 heteroatoms. The molecule has 3 atom stereocenters. The molecule has 0 spiro atoms. The van der Waals surface area contributed by atoms with Gasteiger partial charge in [-0.1, -0.05) is 24.3 Å². The van der Waals surface area contributed by atoms with Crippen LogP contribution >= 0.6 is 0 Å². The predicted octanol–water partition coefficient (Wildman–Crippen LogP) is 3.07. The van der Waals surface area contributed by atoms with Gasteiger partial charge in [0, 0.05) is 64.2 Å². The van der Waals surface area contributed by atoms with Crippen LogP contribution in [-0.2, 0) is 0 Å². The Bertz CT molecular complexity index is 1150. The Labute approximate surface area is 181 Å². The van der Waals surface area contributed by atoms with E-state index in [0.717, 1.165) is 5.65 Å². The third-order valence-electron chi connectivity index (χ3n) is 6.72. The van der Waals surface area contributed by atoms with Gasteiger partial charge in [0.05, 0.1) is 11.6 Å². The Balaban J connectivity index is 1.44. The summed E-state index contributed by atoms with van der Waals surface area (Å²) in [6, 6.07) is 12.0. The third kappa shape index (κ3) is 3.24. The zero-order valence-corrected chi connectivity index (χ0v) is 18.1. The van der Waals surface area contributed by atoms with Crippen molar-refractivity contribution in [2.45, 2.75) is 13.0 Å². The van der Waals surface area contributed by atoms with Crippen LogP contribution in [0.15, 0.2) is 55.0 Å². The number of hydrogen-bond acceptors (Lipinski definition) is 3. The molecule has 0 aliphatic carbocycles. The number of carbonyl (C=O) groups is 2. The minimum absolute atomic E-state index is 0.0185. The molecule has 5 rings (SSSR count). The quantitative estimate of drug-likeness (QED) is 0.644. The number of aromatic nitrogens is 2. The van der Waals surface area contributed by atoms with Crippen molar-refractivity contribution in [3.8, 4) is 0 Å². The van der Waals surface area contributed by atoms with Crippen LogP contribution in [0.25, 0.3) is 5.65 Å². The van der Waals surface area contributed by atoms with Gasteiger partial charge in [0.15, 0.2) is 0 Å². The molecule has 0 saturated carbocycles. The lowest BCUT2D eigenvalue weighted by Crippen LogP contribution is -2.42. The van der Waals surface area contributed by atoms with E-state index in [4.69, 9.17) is 0 Å². The minimum Gasteiger partial charge on any atom is -0.338 e. The maximum absolute atomic E-state index is 13.3. The van der Waals surface area contributed by atoms with Crippen molar-refractivity contribution < 1.29 is 9.59 Å². The van der Waals surface area contributed by atoms with E-state index < -0.39 is 0 Å². The van der Waals surface area contributed by atoms with Gasteiger partial charge in [-0.3, -0.25) is 4.79 Å². The molecular weight excluding hydrogens is 390 g/mol. The third-order valence-corrected chi connectivity index (χ3v) is 6.72. The highest BCUT2D eigenvalue weighted by Gasteiger charge is 2.50. The van der Waals surface area contributed by atoms with Crippen molar-refractivity contribution >= 4 is 17.6 Å². The highest BCUT2D eigenvalue weighted by molar-refractivity contribution is 5.94. The summed E-state index contributed by atoms with van der Waals surface area (Å²) in [4.78, 5) is 36.1. The zero-order valence-electron chi connectivity index (χ0n) is 18.1. The lowest BCUT2D eigenvalue weighted by atomic mass is 9.88. The van der Waals surface area contributed by atoms with Crippen LogP contribution in [0.1, 0.15) is 27.5 Å². The number of amides is 3. The number of hydrogen-bond donors (Lipinski definition) is 0. The Morgan fingerprint density at radius 1 is 1.06 bits per heavy atom. The highest BCUT2D eigenvalue weighted by Crippen LogP contribution is 2.46. The summed E-state index contributed by atoms with van der Waals surface area (Å²) in [6.45, 7) is 4.09. The summed E-state index contributed by atoms with van der Waals surface area (Å²) in [6.07, 6.45) is 5.43. The molecule has 1 aromatic carbocycles. The van der Waals surface area contributed by atoms with Crippen LogP contribution in [0.2, 0.25) is 0 Å². The highest BCUT2D eigenvalue weighted by atomic mass is 16.2. The van der Waals surface area contributed by atoms with Crippen LogP contribution in [0, 0.1) is 18.8 Å². The normalized spacial score (nSPS) is 22.7. The van der Waals surface area contributed by atoms with E-state index in [1.807, 2.05) is 50.9 Å². The predicted molar refractivity (Wildman–Crippen MR) is 118 cm³/mol. The first-order valence-electron chi connectivity index (χ1n) is 10.7. The largest absolute Gasteiger partial charge is 0.338 e. The molecule has 2 aliphatic heterocycles. The van der Waals surface area contributed by atoms with Crippen LogP contribution in [0.3, 0.4) is 0 Å². The Hall–Kier alpha value is -3.35. The number of pyridine rings is 1. The Morgan fingerprint density at radius 2 is 1.87 bits per heavy atom. The van der Waals surface area contributed by atoms with Gasteiger partial charge in [0.1, 0.15) is 5.65 Å². The lowest BCUT2D eigenvalue weighted by molar-refractivity contribution is 0.0766. The standard InChI is InChI=1S/C24H27N5O2/c1-16-6-4-5-7-19(16)22-20-15-28(13-18(20)14-29(22)24(31)26(2)3)23(30)17-8-9-21-25-10-11-27(21)12-17/h4-12,18,20,22H,13-15H2,1-3H3/t18-,20-,22+/m1/s1. The van der Waals surface area contributed by atoms with Crippen molar-refractivity contribution in [1.29, 1.82) is 0 Å². The number of urea groups is 1. The van der Waals surface area contributed by atoms with Gasteiger partial charge >= 0.3 is 6.03 Å². The van der Waals surface area contributed by atoms with Crippen molar-refractivity contribution in [2.75, 3.05) is 33.7 Å². The van der Waals surface area contributed by atoms with E-state index in [9.17, 15) is 9.59 Å². The van der Waals surface area contributed by atoms with Crippen molar-refractivity contribution in [2.24, 2.45) is 11.8 Å². The molecule has 2 aliphatic rings. The van der Waals surface area contributed by atoms with Crippen LogP contribution in [0.4, 0.5) is 4.79 Å². The van der Waals surface area contributed by atoms with E-state index in [-0.39, 0.29) is 29.8 Å².